The second-order valence-electron chi connectivity index (χ2n) is 30.0. The number of amides is 11. The molecule has 0 heterocycles. The molecule has 11 amide bonds. The van der Waals surface area contributed by atoms with Crippen LogP contribution < -0.4 is 39.7 Å². The smallest absolute Gasteiger partial charge is 0.243 e. The van der Waals surface area contributed by atoms with E-state index in [0.717, 1.165) is 18.4 Å². The molecule has 0 aromatic heterocycles. The molecule has 6 aromatic rings. The van der Waals surface area contributed by atoms with Crippen molar-refractivity contribution in [3.05, 3.63) is 215 Å². The minimum Gasteiger partial charge on any atom is -0.368 e. The van der Waals surface area contributed by atoms with Crippen LogP contribution in [0.1, 0.15) is 175 Å². The number of nitrogens with two attached hydrogens (primary N) is 6. The van der Waals surface area contributed by atoms with Gasteiger partial charge in [-0.15, -0.1) is 0 Å². The Morgan fingerprint density at radius 1 is 0.246 bits per heavy atom. The summed E-state index contributed by atoms with van der Waals surface area (Å²) in [5.74, 6) is -6.49. The number of carbonyl (C=O) groups excluding carboxylic acids is 11. The number of nitrogens with zero attached hydrogens (tertiary/aromatic N) is 10. The van der Waals surface area contributed by atoms with E-state index in [-0.39, 0.29) is 58.3 Å². The van der Waals surface area contributed by atoms with Crippen LogP contribution in [0.15, 0.2) is 182 Å². The van der Waals surface area contributed by atoms with E-state index in [1.165, 1.54) is 49.0 Å². The molecule has 0 aliphatic heterocycles. The highest BCUT2D eigenvalue weighted by atomic mass is 16.2. The van der Waals surface area contributed by atoms with Crippen molar-refractivity contribution in [1.29, 1.82) is 0 Å². The summed E-state index contributed by atoms with van der Waals surface area (Å²) in [6, 6.07) is 50.3. The number of rotatable bonds is 54. The maximum atomic E-state index is 15.9. The van der Waals surface area contributed by atoms with Crippen LogP contribution in [0.3, 0.4) is 0 Å². The third-order valence-corrected chi connectivity index (χ3v) is 21.6. The minimum absolute atomic E-state index is 0.00719. The molecular weight excluding hydrogens is 1500 g/mol. The maximum absolute atomic E-state index is 15.9. The molecular formula is C90H129N17O11. The van der Waals surface area contributed by atoms with Crippen molar-refractivity contribution in [2.24, 2.45) is 34.4 Å². The third kappa shape index (κ3) is 30.9. The van der Waals surface area contributed by atoms with Crippen LogP contribution in [0.25, 0.3) is 0 Å². The molecule has 0 saturated heterocycles. The highest BCUT2D eigenvalue weighted by Crippen LogP contribution is 2.30. The van der Waals surface area contributed by atoms with Crippen molar-refractivity contribution < 1.29 is 52.7 Å². The van der Waals surface area contributed by atoms with Crippen LogP contribution in [-0.2, 0) is 52.7 Å². The Morgan fingerprint density at radius 2 is 0.432 bits per heavy atom. The number of hydrogen-bond acceptors (Lipinski definition) is 17. The number of carbonyl (C=O) groups is 11. The van der Waals surface area contributed by atoms with Crippen LogP contribution in [0.5, 0.6) is 0 Å². The number of nitrogens with one attached hydrogen (secondary N) is 1. The highest BCUT2D eigenvalue weighted by molar-refractivity contribution is 5.95. The standard InChI is InChI=1S/C90H129N17O11/c1-68(74-35-13-7-14-36-74)102(81(109)57-97-52-30-25-47-91)65-88(116)103(69(2)75-37-15-8-16-38-75)63-84(112)100(55-33-28-50-94)60-86(114)107(73(6)79-45-23-12-24-46-79)67-90(118)105(71(4)77-41-19-10-20-42-77)64-85(113)101(56-34-29-51-95)61-87(115)106(72(5)78-43-21-11-22-44-78)66-89(117)104(70(3)76-39-17-9-18-40-76)62-83(111)99(54-32-27-49-93)59-82(110)98(58-80(96)108)53-31-26-48-92/h7-24,35-46,68-73,97H,25-34,47-67,91-95H2,1-6H3,(H2,96,108)/t68-,69-,70-,71-,72-,73-/m0/s1. The van der Waals surface area contributed by atoms with Gasteiger partial charge >= 0.3 is 0 Å². The molecule has 28 nitrogen and oxygen atoms in total. The second-order valence-corrected chi connectivity index (χ2v) is 30.0. The van der Waals surface area contributed by atoms with E-state index in [9.17, 15) is 19.2 Å². The van der Waals surface area contributed by atoms with E-state index in [2.05, 4.69) is 5.32 Å². The quantitative estimate of drug-likeness (QED) is 0.0197. The van der Waals surface area contributed by atoms with Crippen molar-refractivity contribution >= 4 is 65.0 Å². The van der Waals surface area contributed by atoms with Gasteiger partial charge in [-0.3, -0.25) is 52.7 Å². The van der Waals surface area contributed by atoms with E-state index in [4.69, 9.17) is 34.4 Å². The first-order chi connectivity index (χ1) is 56.9. The van der Waals surface area contributed by atoms with Gasteiger partial charge in [0, 0.05) is 26.2 Å². The summed E-state index contributed by atoms with van der Waals surface area (Å²) >= 11 is 0. The summed E-state index contributed by atoms with van der Waals surface area (Å²) < 4.78 is 0. The van der Waals surface area contributed by atoms with Crippen LogP contribution in [0.4, 0.5) is 0 Å². The Kier molecular flexibility index (Phi) is 42.5. The van der Waals surface area contributed by atoms with Gasteiger partial charge in [0.25, 0.3) is 0 Å². The molecule has 0 fully saturated rings. The number of primary amides is 1. The van der Waals surface area contributed by atoms with Crippen LogP contribution >= 0.6 is 0 Å². The lowest BCUT2D eigenvalue weighted by Gasteiger charge is -2.38. The lowest BCUT2D eigenvalue weighted by Crippen LogP contribution is -2.53. The largest absolute Gasteiger partial charge is 0.368 e. The van der Waals surface area contributed by atoms with Gasteiger partial charge in [0.2, 0.25) is 65.0 Å². The molecule has 0 spiro atoms. The molecule has 0 aliphatic carbocycles. The van der Waals surface area contributed by atoms with Gasteiger partial charge in [-0.05, 0) is 178 Å². The predicted molar refractivity (Wildman–Crippen MR) is 459 cm³/mol. The summed E-state index contributed by atoms with van der Waals surface area (Å²) in [6.45, 7) is 8.01. The molecule has 0 saturated carbocycles. The van der Waals surface area contributed by atoms with E-state index in [1.807, 2.05) is 147 Å². The van der Waals surface area contributed by atoms with Crippen LogP contribution in [0.2, 0.25) is 0 Å². The van der Waals surface area contributed by atoms with Gasteiger partial charge in [0.05, 0.1) is 69.0 Å². The molecule has 0 bridgehead atoms. The molecule has 6 aromatic carbocycles. The first-order valence-electron chi connectivity index (χ1n) is 41.5. The van der Waals surface area contributed by atoms with Crippen LogP contribution in [-0.4, -0.2) is 251 Å². The van der Waals surface area contributed by atoms with Gasteiger partial charge in [-0.2, -0.15) is 0 Å². The summed E-state index contributed by atoms with van der Waals surface area (Å²) in [7, 11) is 0. The van der Waals surface area contributed by atoms with E-state index < -0.39 is 154 Å². The fraction of sp³-hybridized carbons (Fsp3) is 0.478. The minimum atomic E-state index is -0.829. The second kappa shape index (κ2) is 52.1. The van der Waals surface area contributed by atoms with Crippen molar-refractivity contribution in [3.8, 4) is 0 Å². The lowest BCUT2D eigenvalue weighted by atomic mass is 10.0. The van der Waals surface area contributed by atoms with Crippen molar-refractivity contribution in [2.45, 2.75) is 142 Å². The molecule has 28 heteroatoms. The molecule has 118 heavy (non-hydrogen) atoms. The van der Waals surface area contributed by atoms with Crippen molar-refractivity contribution in [2.75, 3.05) is 137 Å². The zero-order valence-corrected chi connectivity index (χ0v) is 70.1. The molecule has 6 rings (SSSR count). The number of benzene rings is 6. The van der Waals surface area contributed by atoms with E-state index in [0.29, 0.717) is 105 Å². The topological polar surface area (TPSA) is 388 Å². The highest BCUT2D eigenvalue weighted by Gasteiger charge is 2.38. The molecule has 13 N–H and O–H groups in total. The number of unbranched alkanes of at least 4 members (excludes halogenated alkanes) is 5. The third-order valence-electron chi connectivity index (χ3n) is 21.6. The fourth-order valence-electron chi connectivity index (χ4n) is 14.2. The fourth-order valence-corrected chi connectivity index (χ4v) is 14.2. The summed E-state index contributed by atoms with van der Waals surface area (Å²) in [4.78, 5) is 179. The zero-order valence-electron chi connectivity index (χ0n) is 70.1. The monoisotopic (exact) mass is 1620 g/mol. The van der Waals surface area contributed by atoms with Gasteiger partial charge in [-0.25, -0.2) is 0 Å². The normalized spacial score (nSPS) is 12.6. The Labute approximate surface area is 697 Å². The van der Waals surface area contributed by atoms with E-state index in [1.54, 1.807) is 76.2 Å². The van der Waals surface area contributed by atoms with Gasteiger partial charge in [0.15, 0.2) is 0 Å². The zero-order chi connectivity index (χ0) is 85.9. The SMILES string of the molecule is C[C@@H](c1ccccc1)N(CC(=O)N(CCCCN)CC(=O)N(CC(=O)N(CC(=O)N(CCCCN)CC(=O)N(CC(=O)N(CC(=O)N(CCCCN)CC(=O)N(CCCCN)CC(N)=O)[C@@H](C)c1ccccc1)[C@@H](C)c1ccccc1)[C@@H](C)c1ccccc1)[C@@H](C)c1ccccc1)C(=O)CN(C(=O)CNCCCCN)[C@@H](C)c1ccccc1. The Bertz CT molecular complexity index is 4050. The molecule has 640 valence electrons. The van der Waals surface area contributed by atoms with Gasteiger partial charge in [-0.1, -0.05) is 182 Å². The van der Waals surface area contributed by atoms with Crippen molar-refractivity contribution in [1.82, 2.24) is 54.3 Å². The summed E-state index contributed by atoms with van der Waals surface area (Å²) in [5, 5.41) is 3.21. The first kappa shape index (κ1) is 96.1. The first-order valence-corrected chi connectivity index (χ1v) is 41.5. The molecule has 0 aliphatic rings. The lowest BCUT2D eigenvalue weighted by molar-refractivity contribution is -0.151. The summed E-state index contributed by atoms with van der Waals surface area (Å²) in [5.41, 5.74) is 39.3. The average molecular weight is 1630 g/mol. The predicted octanol–water partition coefficient (Wildman–Crippen LogP) is 6.61. The summed E-state index contributed by atoms with van der Waals surface area (Å²) in [6.07, 6.45) is 5.13. The number of hydrogen-bond donors (Lipinski definition) is 7. The molecule has 0 unspecified atom stereocenters. The van der Waals surface area contributed by atoms with Gasteiger partial charge < -0.3 is 88.7 Å². The Hall–Kier alpha value is -10.8. The van der Waals surface area contributed by atoms with Gasteiger partial charge in [0.1, 0.15) is 39.3 Å². The Morgan fingerprint density at radius 3 is 0.661 bits per heavy atom. The molecule has 6 atom stereocenters. The van der Waals surface area contributed by atoms with E-state index >= 15 is 33.6 Å². The average Bonchev–Trinajstić information content (AvgIpc) is 0.824. The maximum Gasteiger partial charge on any atom is 0.243 e. The van der Waals surface area contributed by atoms with Crippen molar-refractivity contribution in [3.63, 3.8) is 0 Å². The Balaban J connectivity index is 1.37. The van der Waals surface area contributed by atoms with Crippen LogP contribution in [0, 0.1) is 0 Å². The molecule has 0 radical (unpaired) electrons.